The van der Waals surface area contributed by atoms with Crippen LogP contribution in [0.5, 0.6) is 0 Å². The van der Waals surface area contributed by atoms with E-state index in [1.165, 1.54) is 0 Å². The molecular weight excluding hydrogens is 302 g/mol. The summed E-state index contributed by atoms with van der Waals surface area (Å²) in [6, 6.07) is 6.95. The minimum absolute atomic E-state index is 0.247. The molecule has 0 radical (unpaired) electrons. The van der Waals surface area contributed by atoms with Crippen molar-refractivity contribution in [2.24, 2.45) is 5.92 Å². The van der Waals surface area contributed by atoms with Gasteiger partial charge in [0.1, 0.15) is 0 Å². The molecule has 1 aliphatic heterocycles. The molecule has 0 unspecified atom stereocenters. The van der Waals surface area contributed by atoms with Crippen molar-refractivity contribution < 1.29 is 14.6 Å². The molecule has 1 amide bonds. The number of amides is 1. The fourth-order valence-corrected chi connectivity index (χ4v) is 3.20. The summed E-state index contributed by atoms with van der Waals surface area (Å²) < 4.78 is 5.07. The van der Waals surface area contributed by atoms with Crippen molar-refractivity contribution >= 4 is 17.5 Å². The second-order valence-corrected chi connectivity index (χ2v) is 6.23. The smallest absolute Gasteiger partial charge is 0.256 e. The van der Waals surface area contributed by atoms with E-state index < -0.39 is 6.10 Å². The summed E-state index contributed by atoms with van der Waals surface area (Å²) in [5.41, 5.74) is 0.483. The molecule has 0 aliphatic carbocycles. The van der Waals surface area contributed by atoms with Crippen LogP contribution in [0.1, 0.15) is 37.4 Å². The predicted molar refractivity (Wildman–Crippen MR) is 86.8 cm³/mol. The van der Waals surface area contributed by atoms with Crippen LogP contribution in [0.2, 0.25) is 5.02 Å². The highest BCUT2D eigenvalue weighted by atomic mass is 35.5. The van der Waals surface area contributed by atoms with Crippen LogP contribution in [-0.4, -0.2) is 42.7 Å². The molecule has 2 rings (SSSR count). The van der Waals surface area contributed by atoms with Gasteiger partial charge in [-0.3, -0.25) is 4.79 Å². The lowest BCUT2D eigenvalue weighted by Gasteiger charge is -2.33. The molecule has 1 aliphatic rings. The van der Waals surface area contributed by atoms with Gasteiger partial charge >= 0.3 is 0 Å². The Morgan fingerprint density at radius 2 is 2.09 bits per heavy atom. The summed E-state index contributed by atoms with van der Waals surface area (Å²) in [5.74, 6) is 0.403. The molecule has 0 saturated carbocycles. The monoisotopic (exact) mass is 325 g/mol. The predicted octanol–water partition coefficient (Wildman–Crippen LogP) is 3.04. The number of ether oxygens (including phenoxy) is 1. The Labute approximate surface area is 137 Å². The van der Waals surface area contributed by atoms with Crippen LogP contribution in [0, 0.1) is 5.92 Å². The third-order valence-electron chi connectivity index (χ3n) is 4.32. The lowest BCUT2D eigenvalue weighted by molar-refractivity contribution is -0.142. The first-order chi connectivity index (χ1) is 10.6. The van der Waals surface area contributed by atoms with Crippen molar-refractivity contribution in [2.45, 2.75) is 31.8 Å². The summed E-state index contributed by atoms with van der Waals surface area (Å²) in [6.07, 6.45) is 3.02. The van der Waals surface area contributed by atoms with E-state index in [2.05, 4.69) is 0 Å². The average Bonchev–Trinajstić information content (AvgIpc) is 2.55. The molecule has 0 spiro atoms. The van der Waals surface area contributed by atoms with Gasteiger partial charge in [-0.15, -0.1) is 0 Å². The largest absolute Gasteiger partial charge is 0.385 e. The zero-order chi connectivity index (χ0) is 15.9. The highest BCUT2D eigenvalue weighted by Crippen LogP contribution is 2.27. The highest BCUT2D eigenvalue weighted by molar-refractivity contribution is 6.31. The minimum Gasteiger partial charge on any atom is -0.385 e. The number of aliphatic hydroxyl groups excluding tert-OH is 1. The van der Waals surface area contributed by atoms with Crippen molar-refractivity contribution in [1.29, 1.82) is 0 Å². The van der Waals surface area contributed by atoms with E-state index in [-0.39, 0.29) is 5.91 Å². The summed E-state index contributed by atoms with van der Waals surface area (Å²) in [4.78, 5) is 14.2. The molecule has 0 bridgehead atoms. The summed E-state index contributed by atoms with van der Waals surface area (Å²) in [5, 5.41) is 10.7. The summed E-state index contributed by atoms with van der Waals surface area (Å²) in [6.45, 7) is 2.21. The van der Waals surface area contributed by atoms with Crippen molar-refractivity contribution in [3.63, 3.8) is 0 Å². The topological polar surface area (TPSA) is 49.8 Å². The Hall–Kier alpha value is -1.10. The minimum atomic E-state index is -1.17. The van der Waals surface area contributed by atoms with Crippen molar-refractivity contribution in [3.8, 4) is 0 Å². The Kier molecular flexibility index (Phi) is 6.68. The molecule has 0 aromatic heterocycles. The molecule has 122 valence electrons. The number of benzene rings is 1. The van der Waals surface area contributed by atoms with Crippen LogP contribution < -0.4 is 0 Å². The number of rotatable bonds is 6. The molecule has 1 heterocycles. The Bertz CT molecular complexity index is 487. The zero-order valence-corrected chi connectivity index (χ0v) is 13.8. The van der Waals surface area contributed by atoms with Gasteiger partial charge in [0.25, 0.3) is 5.91 Å². The normalized spacial score (nSPS) is 17.5. The quantitative estimate of drug-likeness (QED) is 0.818. The Balaban J connectivity index is 1.86. The van der Waals surface area contributed by atoms with Crippen LogP contribution in [0.25, 0.3) is 0 Å². The molecule has 4 nitrogen and oxygen atoms in total. The van der Waals surface area contributed by atoms with Gasteiger partial charge in [0.15, 0.2) is 6.10 Å². The molecule has 1 aromatic rings. The van der Waals surface area contributed by atoms with Crippen molar-refractivity contribution in [3.05, 3.63) is 34.9 Å². The first-order valence-electron chi connectivity index (χ1n) is 7.83. The molecule has 1 saturated heterocycles. The maximum atomic E-state index is 12.4. The third-order valence-corrected chi connectivity index (χ3v) is 4.66. The molecule has 1 N–H and O–H groups in total. The van der Waals surface area contributed by atoms with E-state index in [1.807, 2.05) is 0 Å². The summed E-state index contributed by atoms with van der Waals surface area (Å²) in [7, 11) is 1.72. The van der Waals surface area contributed by atoms with Crippen LogP contribution in [0.15, 0.2) is 24.3 Å². The van der Waals surface area contributed by atoms with E-state index in [0.29, 0.717) is 29.6 Å². The molecule has 5 heteroatoms. The molecule has 22 heavy (non-hydrogen) atoms. The lowest BCUT2D eigenvalue weighted by atomic mass is 9.92. The SMILES string of the molecule is COCCCC1CCN(C(=O)[C@H](O)c2ccccc2Cl)CC1. The number of carbonyl (C=O) groups excluding carboxylic acids is 1. The van der Waals surface area contributed by atoms with Gasteiger partial charge in [-0.25, -0.2) is 0 Å². The fraction of sp³-hybridized carbons (Fsp3) is 0.588. The van der Waals surface area contributed by atoms with Gasteiger partial charge < -0.3 is 14.7 Å². The zero-order valence-electron chi connectivity index (χ0n) is 13.0. The van der Waals surface area contributed by atoms with Gasteiger partial charge in [-0.05, 0) is 37.7 Å². The van der Waals surface area contributed by atoms with Gasteiger partial charge in [0.05, 0.1) is 0 Å². The van der Waals surface area contributed by atoms with Crippen molar-refractivity contribution in [1.82, 2.24) is 4.90 Å². The third kappa shape index (κ3) is 4.45. The molecule has 1 aromatic carbocycles. The van der Waals surface area contributed by atoms with E-state index in [1.54, 1.807) is 36.3 Å². The number of halogens is 1. The van der Waals surface area contributed by atoms with Crippen LogP contribution in [-0.2, 0) is 9.53 Å². The molecule has 1 atom stereocenters. The second kappa shape index (κ2) is 8.51. The van der Waals surface area contributed by atoms with Crippen molar-refractivity contribution in [2.75, 3.05) is 26.8 Å². The standard InChI is InChI=1S/C17H24ClNO3/c1-22-12-4-5-13-8-10-19(11-9-13)17(21)16(20)14-6-2-3-7-15(14)18/h2-3,6-7,13,16,20H,4-5,8-12H2,1H3/t16-/m1/s1. The number of hydrogen-bond acceptors (Lipinski definition) is 3. The number of aliphatic hydroxyl groups is 1. The maximum absolute atomic E-state index is 12.4. The number of nitrogens with zero attached hydrogens (tertiary/aromatic N) is 1. The first kappa shape index (κ1) is 17.3. The van der Waals surface area contributed by atoms with E-state index in [0.717, 1.165) is 32.3 Å². The second-order valence-electron chi connectivity index (χ2n) is 5.83. The van der Waals surface area contributed by atoms with Gasteiger partial charge in [0, 0.05) is 37.4 Å². The van der Waals surface area contributed by atoms with E-state index in [9.17, 15) is 9.90 Å². The highest BCUT2D eigenvalue weighted by Gasteiger charge is 2.28. The Morgan fingerprint density at radius 1 is 1.41 bits per heavy atom. The van der Waals surface area contributed by atoms with Gasteiger partial charge in [-0.2, -0.15) is 0 Å². The molecule has 1 fully saturated rings. The first-order valence-corrected chi connectivity index (χ1v) is 8.21. The summed E-state index contributed by atoms with van der Waals surface area (Å²) >= 11 is 6.05. The van der Waals surface area contributed by atoms with E-state index >= 15 is 0 Å². The van der Waals surface area contributed by atoms with Gasteiger partial charge in [-0.1, -0.05) is 29.8 Å². The average molecular weight is 326 g/mol. The van der Waals surface area contributed by atoms with E-state index in [4.69, 9.17) is 16.3 Å². The number of hydrogen-bond donors (Lipinski definition) is 1. The maximum Gasteiger partial charge on any atom is 0.256 e. The van der Waals surface area contributed by atoms with Crippen LogP contribution >= 0.6 is 11.6 Å². The molecular formula is C17H24ClNO3. The Morgan fingerprint density at radius 3 is 2.73 bits per heavy atom. The number of carbonyl (C=O) groups is 1. The van der Waals surface area contributed by atoms with Gasteiger partial charge in [0.2, 0.25) is 0 Å². The fourth-order valence-electron chi connectivity index (χ4n) is 2.96. The number of piperidine rings is 1. The number of methoxy groups -OCH3 is 1. The van der Waals surface area contributed by atoms with Crippen LogP contribution in [0.4, 0.5) is 0 Å². The number of likely N-dealkylation sites (tertiary alicyclic amines) is 1. The lowest BCUT2D eigenvalue weighted by Crippen LogP contribution is -2.41. The van der Waals surface area contributed by atoms with Crippen LogP contribution in [0.3, 0.4) is 0 Å².